The van der Waals surface area contributed by atoms with Crippen LogP contribution in [0.15, 0.2) is 21.6 Å². The molecule has 0 radical (unpaired) electrons. The molecule has 0 fully saturated rings. The van der Waals surface area contributed by atoms with E-state index in [-0.39, 0.29) is 5.09 Å². The third kappa shape index (κ3) is 3.75. The van der Waals surface area contributed by atoms with E-state index in [1.807, 2.05) is 0 Å². The monoisotopic (exact) mass is 228 g/mol. The number of hydrogen-bond donors (Lipinski definition) is 2. The van der Waals surface area contributed by atoms with E-state index in [9.17, 15) is 8.42 Å². The molecule has 0 spiro atoms. The maximum atomic E-state index is 10.9. The Bertz CT molecular complexity index is 456. The van der Waals surface area contributed by atoms with Crippen LogP contribution in [-0.4, -0.2) is 15.0 Å². The Balaban J connectivity index is 2.51. The first kappa shape index (κ1) is 11.8. The van der Waals surface area contributed by atoms with Crippen molar-refractivity contribution in [2.45, 2.75) is 18.1 Å². The zero-order valence-corrected chi connectivity index (χ0v) is 8.88. The molecule has 0 aliphatic carbocycles. The quantitative estimate of drug-likeness (QED) is 0.550. The van der Waals surface area contributed by atoms with Crippen LogP contribution >= 0.6 is 0 Å². The molecule has 1 aromatic rings. The molecule has 1 rings (SSSR count). The summed E-state index contributed by atoms with van der Waals surface area (Å²) in [7, 11) is -3.74. The zero-order valence-electron chi connectivity index (χ0n) is 8.06. The van der Waals surface area contributed by atoms with Gasteiger partial charge in [0.15, 0.2) is 0 Å². The lowest BCUT2D eigenvalue weighted by molar-refractivity contribution is 0.403. The highest BCUT2D eigenvalue weighted by molar-refractivity contribution is 7.89. The standard InChI is InChI=1S/C9H12N2O3S/c1-2-3-6-11-7-8-4-5-9(14-8)15(10,12)13/h1,4-5,11H,3,6-7H2,(H2,10,12,13). The Morgan fingerprint density at radius 3 is 2.80 bits per heavy atom. The molecule has 0 amide bonds. The second kappa shape index (κ2) is 4.98. The molecule has 1 aromatic heterocycles. The maximum Gasteiger partial charge on any atom is 0.271 e. The Morgan fingerprint density at radius 2 is 2.27 bits per heavy atom. The van der Waals surface area contributed by atoms with E-state index in [1.54, 1.807) is 6.07 Å². The molecule has 0 aliphatic heterocycles. The minimum atomic E-state index is -3.74. The normalized spacial score (nSPS) is 11.2. The molecule has 0 atom stereocenters. The number of rotatable bonds is 5. The third-order valence-electron chi connectivity index (χ3n) is 1.66. The molecular formula is C9H12N2O3S. The number of nitrogens with two attached hydrogens (primary N) is 1. The molecule has 0 aliphatic rings. The molecule has 0 unspecified atom stereocenters. The number of nitrogens with one attached hydrogen (secondary N) is 1. The SMILES string of the molecule is C#CCCNCc1ccc(S(N)(=O)=O)o1. The highest BCUT2D eigenvalue weighted by atomic mass is 32.2. The first-order chi connectivity index (χ1) is 7.04. The van der Waals surface area contributed by atoms with Gasteiger partial charge in [0, 0.05) is 13.0 Å². The van der Waals surface area contributed by atoms with Crippen molar-refractivity contribution in [1.82, 2.24) is 5.32 Å². The van der Waals surface area contributed by atoms with Crippen molar-refractivity contribution in [3.63, 3.8) is 0 Å². The molecule has 82 valence electrons. The fourth-order valence-corrected chi connectivity index (χ4v) is 1.46. The van der Waals surface area contributed by atoms with Crippen LogP contribution in [0.3, 0.4) is 0 Å². The van der Waals surface area contributed by atoms with Gasteiger partial charge in [0.2, 0.25) is 5.09 Å². The summed E-state index contributed by atoms with van der Waals surface area (Å²) < 4.78 is 26.7. The molecule has 0 bridgehead atoms. The van der Waals surface area contributed by atoms with Gasteiger partial charge in [0.25, 0.3) is 10.0 Å². The van der Waals surface area contributed by atoms with Crippen molar-refractivity contribution in [1.29, 1.82) is 0 Å². The van der Waals surface area contributed by atoms with Crippen molar-refractivity contribution in [3.05, 3.63) is 17.9 Å². The summed E-state index contributed by atoms with van der Waals surface area (Å²) in [5.41, 5.74) is 0. The van der Waals surface area contributed by atoms with E-state index in [4.69, 9.17) is 16.0 Å². The average Bonchev–Trinajstić information content (AvgIpc) is 2.60. The number of primary sulfonamides is 1. The second-order valence-corrected chi connectivity index (χ2v) is 4.39. The number of sulfonamides is 1. The fourth-order valence-electron chi connectivity index (χ4n) is 0.978. The summed E-state index contributed by atoms with van der Waals surface area (Å²) in [5.74, 6) is 2.98. The van der Waals surface area contributed by atoms with Gasteiger partial charge in [-0.1, -0.05) is 0 Å². The van der Waals surface area contributed by atoms with Crippen molar-refractivity contribution >= 4 is 10.0 Å². The van der Waals surface area contributed by atoms with E-state index in [2.05, 4.69) is 11.2 Å². The van der Waals surface area contributed by atoms with Crippen LogP contribution in [0.1, 0.15) is 12.2 Å². The Morgan fingerprint density at radius 1 is 1.53 bits per heavy atom. The lowest BCUT2D eigenvalue weighted by Gasteiger charge is -1.98. The van der Waals surface area contributed by atoms with Gasteiger partial charge < -0.3 is 9.73 Å². The summed E-state index contributed by atoms with van der Waals surface area (Å²) in [4.78, 5) is 0. The summed E-state index contributed by atoms with van der Waals surface area (Å²) in [6.45, 7) is 1.08. The first-order valence-corrected chi connectivity index (χ1v) is 5.84. The summed E-state index contributed by atoms with van der Waals surface area (Å²) >= 11 is 0. The minimum Gasteiger partial charge on any atom is -0.447 e. The summed E-state index contributed by atoms with van der Waals surface area (Å²) in [6, 6.07) is 2.89. The Kier molecular flexibility index (Phi) is 3.91. The van der Waals surface area contributed by atoms with Crippen molar-refractivity contribution < 1.29 is 12.8 Å². The van der Waals surface area contributed by atoms with Gasteiger partial charge in [-0.25, -0.2) is 13.6 Å². The van der Waals surface area contributed by atoms with Crippen molar-refractivity contribution in [2.24, 2.45) is 5.14 Å². The van der Waals surface area contributed by atoms with E-state index in [0.717, 1.165) is 0 Å². The van der Waals surface area contributed by atoms with Crippen LogP contribution in [-0.2, 0) is 16.6 Å². The lowest BCUT2D eigenvalue weighted by atomic mass is 10.4. The van der Waals surface area contributed by atoms with Crippen LogP contribution in [0.4, 0.5) is 0 Å². The van der Waals surface area contributed by atoms with Crippen LogP contribution < -0.4 is 10.5 Å². The predicted molar refractivity (Wildman–Crippen MR) is 55.2 cm³/mol. The van der Waals surface area contributed by atoms with Gasteiger partial charge in [-0.3, -0.25) is 0 Å². The molecule has 5 nitrogen and oxygen atoms in total. The van der Waals surface area contributed by atoms with Gasteiger partial charge in [0.05, 0.1) is 6.54 Å². The lowest BCUT2D eigenvalue weighted by Crippen LogP contribution is -2.14. The van der Waals surface area contributed by atoms with Gasteiger partial charge in [-0.2, -0.15) is 0 Å². The first-order valence-electron chi connectivity index (χ1n) is 4.29. The highest BCUT2D eigenvalue weighted by Gasteiger charge is 2.12. The van der Waals surface area contributed by atoms with E-state index < -0.39 is 10.0 Å². The zero-order chi connectivity index (χ0) is 11.3. The third-order valence-corrected chi connectivity index (χ3v) is 2.44. The predicted octanol–water partition coefficient (Wildman–Crippen LogP) is 0.0399. The van der Waals surface area contributed by atoms with Gasteiger partial charge in [-0.15, -0.1) is 12.3 Å². The molecule has 1 heterocycles. The molecule has 0 aromatic carbocycles. The molecule has 0 saturated heterocycles. The van der Waals surface area contributed by atoms with E-state index in [0.29, 0.717) is 25.3 Å². The Labute approximate surface area is 88.7 Å². The molecule has 3 N–H and O–H groups in total. The van der Waals surface area contributed by atoms with Gasteiger partial charge in [0.1, 0.15) is 5.76 Å². The largest absolute Gasteiger partial charge is 0.447 e. The average molecular weight is 228 g/mol. The smallest absolute Gasteiger partial charge is 0.271 e. The van der Waals surface area contributed by atoms with Gasteiger partial charge in [-0.05, 0) is 12.1 Å². The molecule has 6 heteroatoms. The second-order valence-electron chi connectivity index (χ2n) is 2.90. The van der Waals surface area contributed by atoms with Crippen LogP contribution in [0.2, 0.25) is 0 Å². The minimum absolute atomic E-state index is 0.226. The topological polar surface area (TPSA) is 85.3 Å². The van der Waals surface area contributed by atoms with Crippen LogP contribution in [0.25, 0.3) is 0 Å². The Hall–Kier alpha value is -1.29. The maximum absolute atomic E-state index is 10.9. The number of hydrogen-bond acceptors (Lipinski definition) is 4. The summed E-state index contributed by atoms with van der Waals surface area (Å²) in [5, 5.41) is 7.65. The van der Waals surface area contributed by atoms with E-state index in [1.165, 1.54) is 6.07 Å². The van der Waals surface area contributed by atoms with Crippen molar-refractivity contribution in [3.8, 4) is 12.3 Å². The molecular weight excluding hydrogens is 216 g/mol. The van der Waals surface area contributed by atoms with Crippen molar-refractivity contribution in [2.75, 3.05) is 6.54 Å². The van der Waals surface area contributed by atoms with Crippen LogP contribution in [0.5, 0.6) is 0 Å². The molecule has 0 saturated carbocycles. The number of terminal acetylenes is 1. The molecule has 15 heavy (non-hydrogen) atoms. The number of furan rings is 1. The fraction of sp³-hybridized carbons (Fsp3) is 0.333. The summed E-state index contributed by atoms with van der Waals surface area (Å²) in [6.07, 6.45) is 5.67. The van der Waals surface area contributed by atoms with E-state index >= 15 is 0 Å². The highest BCUT2D eigenvalue weighted by Crippen LogP contribution is 2.11. The van der Waals surface area contributed by atoms with Gasteiger partial charge >= 0.3 is 0 Å². The van der Waals surface area contributed by atoms with Crippen LogP contribution in [0, 0.1) is 12.3 Å².